The highest BCUT2D eigenvalue weighted by Gasteiger charge is 2.54. The van der Waals surface area contributed by atoms with Crippen molar-refractivity contribution in [2.75, 3.05) is 4.90 Å². The number of hydrogen-bond donors (Lipinski definition) is 0. The number of fused-ring (bicyclic) bond motifs is 13. The van der Waals surface area contributed by atoms with Gasteiger partial charge in [-0.1, -0.05) is 220 Å². The minimum Gasteiger partial charge on any atom is -0.309 e. The van der Waals surface area contributed by atoms with Gasteiger partial charge in [-0.3, -0.25) is 0 Å². The molecule has 10 aromatic rings. The lowest BCUT2D eigenvalue weighted by atomic mass is 9.69. The van der Waals surface area contributed by atoms with Crippen LogP contribution in [-0.2, 0) is 10.8 Å². The molecule has 0 amide bonds. The highest BCUT2D eigenvalue weighted by molar-refractivity contribution is 6.08. The minimum absolute atomic E-state index is 0.313. The minimum atomic E-state index is -0.511. The third kappa shape index (κ3) is 5.39. The maximum atomic E-state index is 2.63. The molecule has 3 aliphatic rings. The second-order valence-electron chi connectivity index (χ2n) is 18.4. The molecule has 3 aliphatic carbocycles. The Bertz CT molecular complexity index is 3340. The summed E-state index contributed by atoms with van der Waals surface area (Å²) in [5, 5.41) is 0. The molecule has 306 valence electrons. The molecule has 1 nitrogen and oxygen atoms in total. The summed E-state index contributed by atoms with van der Waals surface area (Å²) in [6.07, 6.45) is 0. The van der Waals surface area contributed by atoms with E-state index in [1.165, 1.54) is 106 Å². The van der Waals surface area contributed by atoms with E-state index in [1.807, 2.05) is 0 Å². The average molecular weight is 828 g/mol. The summed E-state index contributed by atoms with van der Waals surface area (Å²) >= 11 is 0. The smallest absolute Gasteiger partial charge is 0.0726 e. The number of nitrogens with zero attached hydrogens (tertiary/aromatic N) is 1. The van der Waals surface area contributed by atoms with Crippen LogP contribution in [-0.4, -0.2) is 0 Å². The normalized spacial score (nSPS) is 13.9. The molecule has 1 spiro atoms. The van der Waals surface area contributed by atoms with Crippen LogP contribution in [0.5, 0.6) is 0 Å². The monoisotopic (exact) mass is 827 g/mol. The van der Waals surface area contributed by atoms with Gasteiger partial charge >= 0.3 is 0 Å². The molecule has 0 fully saturated rings. The van der Waals surface area contributed by atoms with E-state index in [0.717, 1.165) is 11.4 Å². The third-order valence-electron chi connectivity index (χ3n) is 14.7. The summed E-state index contributed by atoms with van der Waals surface area (Å²) in [5.74, 6) is 0. The Balaban J connectivity index is 1.16. The van der Waals surface area contributed by atoms with Crippen LogP contribution in [0.1, 0.15) is 47.2 Å². The van der Waals surface area contributed by atoms with Crippen molar-refractivity contribution in [1.82, 2.24) is 0 Å². The van der Waals surface area contributed by atoms with Gasteiger partial charge in [-0.15, -0.1) is 0 Å². The fourth-order valence-corrected chi connectivity index (χ4v) is 11.7. The van der Waals surface area contributed by atoms with Crippen molar-refractivity contribution in [2.45, 2.75) is 24.7 Å². The first-order valence-electron chi connectivity index (χ1n) is 22.8. The van der Waals surface area contributed by atoms with Crippen LogP contribution in [0.15, 0.2) is 237 Å². The zero-order chi connectivity index (χ0) is 43.3. The maximum absolute atomic E-state index is 2.63. The average Bonchev–Trinajstić information content (AvgIpc) is 3.93. The van der Waals surface area contributed by atoms with E-state index >= 15 is 0 Å². The molecule has 0 atom stereocenters. The van der Waals surface area contributed by atoms with Crippen LogP contribution < -0.4 is 4.90 Å². The maximum Gasteiger partial charge on any atom is 0.0726 e. The molecule has 0 bridgehead atoms. The molecule has 0 saturated carbocycles. The van der Waals surface area contributed by atoms with E-state index in [1.54, 1.807) is 0 Å². The number of hydrogen-bond acceptors (Lipinski definition) is 1. The lowest BCUT2D eigenvalue weighted by Gasteiger charge is -2.34. The number of rotatable bonds is 6. The Morgan fingerprint density at radius 3 is 1.15 bits per heavy atom. The second-order valence-corrected chi connectivity index (χ2v) is 18.4. The molecule has 0 radical (unpaired) electrons. The van der Waals surface area contributed by atoms with Crippen LogP contribution in [0.3, 0.4) is 0 Å². The Morgan fingerprint density at radius 2 is 0.646 bits per heavy atom. The van der Waals surface area contributed by atoms with Gasteiger partial charge in [0.25, 0.3) is 0 Å². The lowest BCUT2D eigenvalue weighted by Crippen LogP contribution is -2.27. The van der Waals surface area contributed by atoms with Gasteiger partial charge in [0.15, 0.2) is 0 Å². The van der Waals surface area contributed by atoms with Gasteiger partial charge in [0.1, 0.15) is 0 Å². The topological polar surface area (TPSA) is 3.24 Å². The summed E-state index contributed by atoms with van der Waals surface area (Å²) in [6, 6.07) is 88.2. The predicted octanol–water partition coefficient (Wildman–Crippen LogP) is 16.8. The summed E-state index contributed by atoms with van der Waals surface area (Å²) in [5.41, 5.74) is 25.8. The van der Waals surface area contributed by atoms with Gasteiger partial charge < -0.3 is 4.90 Å². The molecule has 13 rings (SSSR count). The molecule has 0 N–H and O–H groups in total. The molecular formula is C64H45N. The second kappa shape index (κ2) is 14.3. The largest absolute Gasteiger partial charge is 0.309 e. The Labute approximate surface area is 381 Å². The van der Waals surface area contributed by atoms with E-state index in [2.05, 4.69) is 255 Å². The number of benzene rings is 10. The van der Waals surface area contributed by atoms with E-state index in [0.29, 0.717) is 0 Å². The molecular weight excluding hydrogens is 783 g/mol. The number of anilines is 3. The van der Waals surface area contributed by atoms with Crippen LogP contribution >= 0.6 is 0 Å². The summed E-state index contributed by atoms with van der Waals surface area (Å²) < 4.78 is 0. The molecule has 0 aromatic heterocycles. The van der Waals surface area contributed by atoms with E-state index < -0.39 is 5.41 Å². The quantitative estimate of drug-likeness (QED) is 0.161. The van der Waals surface area contributed by atoms with Gasteiger partial charge in [0.05, 0.1) is 11.1 Å². The van der Waals surface area contributed by atoms with Gasteiger partial charge in [0.2, 0.25) is 0 Å². The van der Waals surface area contributed by atoms with Crippen molar-refractivity contribution in [3.63, 3.8) is 0 Å². The molecule has 1 heteroatoms. The van der Waals surface area contributed by atoms with Crippen molar-refractivity contribution in [3.05, 3.63) is 270 Å². The van der Waals surface area contributed by atoms with Crippen LogP contribution in [0.25, 0.3) is 66.8 Å². The first kappa shape index (κ1) is 37.5. The van der Waals surface area contributed by atoms with Crippen LogP contribution in [0.2, 0.25) is 0 Å². The van der Waals surface area contributed by atoms with Crippen molar-refractivity contribution in [2.24, 2.45) is 0 Å². The van der Waals surface area contributed by atoms with Crippen molar-refractivity contribution in [1.29, 1.82) is 0 Å². The third-order valence-corrected chi connectivity index (χ3v) is 14.7. The van der Waals surface area contributed by atoms with Gasteiger partial charge in [-0.05, 0) is 119 Å². The Morgan fingerprint density at radius 1 is 0.277 bits per heavy atom. The summed E-state index contributed by atoms with van der Waals surface area (Å²) in [6.45, 7) is 4.89. The van der Waals surface area contributed by atoms with E-state index in [4.69, 9.17) is 0 Å². The molecule has 0 heterocycles. The fourth-order valence-electron chi connectivity index (χ4n) is 11.7. The summed E-state index contributed by atoms with van der Waals surface area (Å²) in [7, 11) is 0. The van der Waals surface area contributed by atoms with Crippen LogP contribution in [0, 0.1) is 0 Å². The molecule has 10 aromatic carbocycles. The zero-order valence-corrected chi connectivity index (χ0v) is 36.5. The first-order chi connectivity index (χ1) is 32.0. The SMILES string of the molecule is CC1(C)c2cc(-c3ccccc3)ccc2-c2c1cc1c(c2N(c2ccc(-c3ccccc3)cc2)c2ccc(-c3ccccc3)cc2)-c2ccccc2C12c1ccccc1-c1ccccc12. The Kier molecular flexibility index (Phi) is 8.24. The first-order valence-corrected chi connectivity index (χ1v) is 22.8. The Hall–Kier alpha value is -8.00. The van der Waals surface area contributed by atoms with Crippen molar-refractivity contribution < 1.29 is 0 Å². The fraction of sp³-hybridized carbons (Fsp3) is 0.0625. The standard InChI is InChI=1S/C64H45N/c1-63(2)57-40-47(44-22-10-5-11-23-44)34-39-53(57)60-58(63)41-59-61(52-26-14-17-29-56(52)64(59)54-27-15-12-24-50(54)51-25-13-16-28-55(51)64)62(60)65(48-35-30-45(31-36-48)42-18-6-3-7-19-42)49-37-32-46(33-38-49)43-20-8-4-9-21-43/h3-41H,1-2H3. The van der Waals surface area contributed by atoms with E-state index in [-0.39, 0.29) is 5.41 Å². The van der Waals surface area contributed by atoms with E-state index in [9.17, 15) is 0 Å². The highest BCUT2D eigenvalue weighted by atomic mass is 15.1. The van der Waals surface area contributed by atoms with Crippen molar-refractivity contribution >= 4 is 17.1 Å². The summed E-state index contributed by atoms with van der Waals surface area (Å²) in [4.78, 5) is 2.58. The molecule has 0 saturated heterocycles. The molecule has 65 heavy (non-hydrogen) atoms. The van der Waals surface area contributed by atoms with Gasteiger partial charge in [0, 0.05) is 27.9 Å². The highest BCUT2D eigenvalue weighted by Crippen LogP contribution is 2.68. The zero-order valence-electron chi connectivity index (χ0n) is 36.5. The molecule has 0 unspecified atom stereocenters. The van der Waals surface area contributed by atoms with Crippen molar-refractivity contribution in [3.8, 4) is 66.8 Å². The van der Waals surface area contributed by atoms with Gasteiger partial charge in [-0.25, -0.2) is 0 Å². The molecule has 0 aliphatic heterocycles. The van der Waals surface area contributed by atoms with Gasteiger partial charge in [-0.2, -0.15) is 0 Å². The predicted molar refractivity (Wildman–Crippen MR) is 271 cm³/mol. The lowest BCUT2D eigenvalue weighted by molar-refractivity contribution is 0.657. The van der Waals surface area contributed by atoms with Crippen LogP contribution in [0.4, 0.5) is 17.1 Å².